The van der Waals surface area contributed by atoms with Gasteiger partial charge in [-0.1, -0.05) is 24.3 Å². The zero-order valence-corrected chi connectivity index (χ0v) is 19.9. The second kappa shape index (κ2) is 8.91. The molecule has 0 radical (unpaired) electrons. The molecule has 0 fully saturated rings. The fraction of sp³-hybridized carbons (Fsp3) is 0.417. The van der Waals surface area contributed by atoms with E-state index >= 15 is 0 Å². The molecule has 4 nitrogen and oxygen atoms in total. The van der Waals surface area contributed by atoms with Gasteiger partial charge in [-0.05, 0) is 51.0 Å². The number of benzene rings is 2. The Bertz CT molecular complexity index is 1080. The van der Waals surface area contributed by atoms with Gasteiger partial charge in [0.05, 0.1) is 16.2 Å². The van der Waals surface area contributed by atoms with Gasteiger partial charge >= 0.3 is 0 Å². The van der Waals surface area contributed by atoms with Crippen molar-refractivity contribution in [2.45, 2.75) is 52.5 Å². The Morgan fingerprint density at radius 2 is 1.10 bits per heavy atom. The summed E-state index contributed by atoms with van der Waals surface area (Å²) in [4.78, 5) is 0. The fourth-order valence-corrected chi connectivity index (χ4v) is 6.40. The van der Waals surface area contributed by atoms with Gasteiger partial charge < -0.3 is 18.9 Å². The molecule has 0 aliphatic carbocycles. The van der Waals surface area contributed by atoms with Gasteiger partial charge in [0, 0.05) is 39.8 Å². The van der Waals surface area contributed by atoms with Crippen LogP contribution in [0.3, 0.4) is 0 Å². The Kier molecular flexibility index (Phi) is 6.44. The summed E-state index contributed by atoms with van der Waals surface area (Å²) < 4.78 is 26.2. The van der Waals surface area contributed by atoms with E-state index in [0.29, 0.717) is 0 Å². The van der Waals surface area contributed by atoms with Crippen molar-refractivity contribution < 1.29 is 18.9 Å². The summed E-state index contributed by atoms with van der Waals surface area (Å²) in [7, 11) is 3.32. The molecule has 0 N–H and O–H groups in total. The predicted molar refractivity (Wildman–Crippen MR) is 127 cm³/mol. The van der Waals surface area contributed by atoms with Gasteiger partial charge in [0.1, 0.15) is 0 Å². The number of methoxy groups -OCH3 is 2. The van der Waals surface area contributed by atoms with E-state index < -0.39 is 0 Å². The third kappa shape index (κ3) is 4.13. The molecule has 0 saturated carbocycles. The third-order valence-electron chi connectivity index (χ3n) is 5.55. The van der Waals surface area contributed by atoms with Gasteiger partial charge in [-0.3, -0.25) is 0 Å². The Morgan fingerprint density at radius 1 is 0.667 bits per heavy atom. The van der Waals surface area contributed by atoms with Crippen LogP contribution < -0.4 is 0 Å². The minimum atomic E-state index is -0.223. The van der Waals surface area contributed by atoms with Crippen LogP contribution >= 0.6 is 22.7 Å². The van der Waals surface area contributed by atoms with E-state index in [4.69, 9.17) is 18.9 Å². The Labute approximate surface area is 185 Å². The quantitative estimate of drug-likeness (QED) is 0.265. The van der Waals surface area contributed by atoms with Gasteiger partial charge in [0.25, 0.3) is 0 Å². The molecule has 0 spiro atoms. The maximum Gasteiger partial charge on any atom is 0.155 e. The van der Waals surface area contributed by atoms with Crippen molar-refractivity contribution in [1.29, 1.82) is 0 Å². The minimum Gasteiger partial charge on any atom is -0.356 e. The van der Waals surface area contributed by atoms with E-state index in [-0.39, 0.29) is 24.8 Å². The summed E-state index contributed by atoms with van der Waals surface area (Å²) in [5.41, 5.74) is 2.34. The highest BCUT2D eigenvalue weighted by Crippen LogP contribution is 2.45. The molecule has 2 aromatic heterocycles. The van der Waals surface area contributed by atoms with Crippen LogP contribution in [0, 0.1) is 0 Å². The largest absolute Gasteiger partial charge is 0.356 e. The van der Waals surface area contributed by atoms with Gasteiger partial charge in [-0.15, -0.1) is 22.7 Å². The van der Waals surface area contributed by atoms with Crippen LogP contribution in [0.25, 0.3) is 29.6 Å². The lowest BCUT2D eigenvalue weighted by Gasteiger charge is -2.18. The fourth-order valence-electron chi connectivity index (χ4n) is 3.70. The third-order valence-corrected chi connectivity index (χ3v) is 7.95. The monoisotopic (exact) mass is 444 g/mol. The van der Waals surface area contributed by atoms with Crippen LogP contribution in [0.4, 0.5) is 0 Å². The van der Waals surface area contributed by atoms with E-state index in [9.17, 15) is 0 Å². The van der Waals surface area contributed by atoms with Crippen LogP contribution in [0.15, 0.2) is 36.4 Å². The number of fused-ring (bicyclic) bond motifs is 5. The average molecular weight is 445 g/mol. The molecule has 6 heteroatoms. The first-order valence-electron chi connectivity index (χ1n) is 10.2. The van der Waals surface area contributed by atoms with E-state index in [0.717, 1.165) is 0 Å². The summed E-state index contributed by atoms with van der Waals surface area (Å²) in [6, 6.07) is 13.3. The maximum absolute atomic E-state index is 5.90. The summed E-state index contributed by atoms with van der Waals surface area (Å²) in [6.07, 6.45) is -0.475. The summed E-state index contributed by atoms with van der Waals surface area (Å²) >= 11 is 3.71. The van der Waals surface area contributed by atoms with Crippen molar-refractivity contribution in [3.63, 3.8) is 0 Å². The van der Waals surface area contributed by atoms with Crippen molar-refractivity contribution in [1.82, 2.24) is 0 Å². The summed E-state index contributed by atoms with van der Waals surface area (Å²) in [5, 5.41) is 3.97. The van der Waals surface area contributed by atoms with E-state index in [1.807, 2.05) is 36.5 Å². The van der Waals surface area contributed by atoms with Gasteiger partial charge in [-0.25, -0.2) is 0 Å². The average Bonchev–Trinajstić information content (AvgIpc) is 3.27. The smallest absolute Gasteiger partial charge is 0.155 e. The lowest BCUT2D eigenvalue weighted by atomic mass is 10.0. The Morgan fingerprint density at radius 3 is 1.50 bits per heavy atom. The van der Waals surface area contributed by atoms with Crippen molar-refractivity contribution >= 4 is 52.2 Å². The Hall–Kier alpha value is -1.54. The molecule has 160 valence electrons. The first-order valence-corrected chi connectivity index (χ1v) is 11.8. The Balaban J connectivity index is 1.69. The molecule has 2 heterocycles. The molecular weight excluding hydrogens is 416 g/mol. The normalized spacial score (nSPS) is 16.3. The van der Waals surface area contributed by atoms with Gasteiger partial charge in [0.2, 0.25) is 0 Å². The molecule has 4 aromatic rings. The minimum absolute atomic E-state index is 0.0141. The molecule has 4 atom stereocenters. The highest BCUT2D eigenvalue weighted by molar-refractivity contribution is 7.44. The van der Waals surface area contributed by atoms with Gasteiger partial charge in [0.15, 0.2) is 12.6 Å². The molecule has 4 rings (SSSR count). The zero-order chi connectivity index (χ0) is 21.4. The number of rotatable bonds is 8. The van der Waals surface area contributed by atoms with E-state index in [1.54, 1.807) is 14.2 Å². The first kappa shape index (κ1) is 21.7. The van der Waals surface area contributed by atoms with E-state index in [1.165, 1.54) is 40.7 Å². The highest BCUT2D eigenvalue weighted by atomic mass is 32.2. The lowest BCUT2D eigenvalue weighted by Crippen LogP contribution is -2.13. The number of thiophene rings is 2. The second-order valence-corrected chi connectivity index (χ2v) is 9.90. The van der Waals surface area contributed by atoms with E-state index in [2.05, 4.69) is 50.2 Å². The van der Waals surface area contributed by atoms with Crippen molar-refractivity contribution in [2.24, 2.45) is 0 Å². The van der Waals surface area contributed by atoms with Crippen LogP contribution in [0.5, 0.6) is 0 Å². The molecule has 2 aromatic carbocycles. The first-order chi connectivity index (χ1) is 14.4. The van der Waals surface area contributed by atoms with Crippen molar-refractivity contribution in [3.8, 4) is 0 Å². The number of ether oxygens (including phenoxy) is 4. The molecule has 4 unspecified atom stereocenters. The maximum atomic E-state index is 5.90. The molecular formula is C24H28O4S2. The number of hydrogen-bond acceptors (Lipinski definition) is 6. The highest BCUT2D eigenvalue weighted by Gasteiger charge is 2.17. The predicted octanol–water partition coefficient (Wildman–Crippen LogP) is 7.41. The van der Waals surface area contributed by atoms with Crippen LogP contribution in [0.1, 0.15) is 51.0 Å². The second-order valence-electron chi connectivity index (χ2n) is 7.54. The lowest BCUT2D eigenvalue weighted by molar-refractivity contribution is -0.141. The molecule has 0 saturated heterocycles. The summed E-state index contributed by atoms with van der Waals surface area (Å²) in [6.45, 7) is 7.96. The van der Waals surface area contributed by atoms with Gasteiger partial charge in [-0.2, -0.15) is 0 Å². The SMILES string of the molecule is COC(C)OC(C)c1ccc2c(c1)sc1sc3cc(C(C)OC(C)OC)ccc3c12. The van der Waals surface area contributed by atoms with Crippen LogP contribution in [-0.4, -0.2) is 26.8 Å². The molecule has 0 aliphatic heterocycles. The molecule has 30 heavy (non-hydrogen) atoms. The molecule has 0 amide bonds. The topological polar surface area (TPSA) is 36.9 Å². The van der Waals surface area contributed by atoms with Crippen molar-refractivity contribution in [3.05, 3.63) is 47.5 Å². The molecule has 0 bridgehead atoms. The van der Waals surface area contributed by atoms with Crippen LogP contribution in [0.2, 0.25) is 0 Å². The standard InChI is InChI=1S/C24H28O4S2/c1-13(27-15(3)25-5)17-7-9-19-21(11-17)29-24-23(19)20-10-8-18(12-22(20)30-24)14(2)28-16(4)26-6/h7-16H,1-6H3. The number of hydrogen-bond donors (Lipinski definition) is 0. The summed E-state index contributed by atoms with van der Waals surface area (Å²) in [5.74, 6) is 0. The zero-order valence-electron chi connectivity index (χ0n) is 18.2. The molecule has 0 aliphatic rings. The van der Waals surface area contributed by atoms with Crippen molar-refractivity contribution in [2.75, 3.05) is 14.2 Å². The van der Waals surface area contributed by atoms with Crippen LogP contribution in [-0.2, 0) is 18.9 Å².